The molecule has 0 atom stereocenters. The van der Waals surface area contributed by atoms with E-state index in [0.29, 0.717) is 6.42 Å². The molecule has 1 rings (SSSR count). The second kappa shape index (κ2) is 9.00. The minimum Gasteiger partial charge on any atom is -0.370 e. The molecular formula is C13H19NO. The maximum absolute atomic E-state index is 10.4. The van der Waals surface area contributed by atoms with Crippen LogP contribution in [-0.4, -0.2) is 5.91 Å². The lowest BCUT2D eigenvalue weighted by atomic mass is 10.1. The van der Waals surface area contributed by atoms with Crippen LogP contribution in [0.1, 0.15) is 25.3 Å². The van der Waals surface area contributed by atoms with Crippen molar-refractivity contribution in [3.8, 4) is 0 Å². The molecule has 0 saturated carbocycles. The van der Waals surface area contributed by atoms with E-state index >= 15 is 0 Å². The molecule has 82 valence electrons. The Morgan fingerprint density at radius 3 is 2.33 bits per heavy atom. The normalized spacial score (nSPS) is 8.60. The highest BCUT2D eigenvalue weighted by Crippen LogP contribution is 2.00. The number of primary amides is 1. The average molecular weight is 205 g/mol. The van der Waals surface area contributed by atoms with Gasteiger partial charge in [-0.25, -0.2) is 0 Å². The van der Waals surface area contributed by atoms with Crippen LogP contribution in [0.4, 0.5) is 0 Å². The van der Waals surface area contributed by atoms with Crippen LogP contribution in [-0.2, 0) is 11.2 Å². The quantitative estimate of drug-likeness (QED) is 0.754. The number of hydrogen-bond acceptors (Lipinski definition) is 1. The second-order valence-corrected chi connectivity index (χ2v) is 3.15. The Kier molecular flexibility index (Phi) is 8.06. The van der Waals surface area contributed by atoms with Crippen molar-refractivity contribution in [1.29, 1.82) is 0 Å². The molecule has 15 heavy (non-hydrogen) atoms. The molecule has 1 aromatic rings. The molecular weight excluding hydrogens is 186 g/mol. The van der Waals surface area contributed by atoms with Crippen molar-refractivity contribution < 1.29 is 4.79 Å². The lowest BCUT2D eigenvalue weighted by molar-refractivity contribution is -0.117. The van der Waals surface area contributed by atoms with E-state index in [2.05, 4.69) is 13.5 Å². The van der Waals surface area contributed by atoms with Gasteiger partial charge in [0.1, 0.15) is 0 Å². The molecule has 1 amide bonds. The van der Waals surface area contributed by atoms with Crippen LogP contribution in [0.2, 0.25) is 0 Å². The standard InChI is InChI=1S/C9H11NO.C4H8/c10-9(11)7-6-8-4-2-1-3-5-8;1-3-4-2/h1-5H,6-7H2,(H2,10,11);3H,1,4H2,2H3. The van der Waals surface area contributed by atoms with Crippen LogP contribution in [0.25, 0.3) is 0 Å². The van der Waals surface area contributed by atoms with Gasteiger partial charge in [-0.1, -0.05) is 43.3 Å². The SMILES string of the molecule is C=CCC.NC(=O)CCc1ccccc1. The van der Waals surface area contributed by atoms with Gasteiger partial charge in [-0.3, -0.25) is 4.79 Å². The predicted octanol–water partition coefficient (Wildman–Crippen LogP) is 2.69. The van der Waals surface area contributed by atoms with E-state index in [9.17, 15) is 4.79 Å². The van der Waals surface area contributed by atoms with Gasteiger partial charge in [0, 0.05) is 6.42 Å². The van der Waals surface area contributed by atoms with E-state index in [4.69, 9.17) is 5.73 Å². The topological polar surface area (TPSA) is 43.1 Å². The summed E-state index contributed by atoms with van der Waals surface area (Å²) >= 11 is 0. The predicted molar refractivity (Wildman–Crippen MR) is 64.4 cm³/mol. The van der Waals surface area contributed by atoms with E-state index < -0.39 is 0 Å². The van der Waals surface area contributed by atoms with E-state index in [1.165, 1.54) is 0 Å². The number of carbonyl (C=O) groups excluding carboxylic acids is 1. The van der Waals surface area contributed by atoms with Crippen LogP contribution in [0.3, 0.4) is 0 Å². The first kappa shape index (κ1) is 13.4. The van der Waals surface area contributed by atoms with Gasteiger partial charge in [0.25, 0.3) is 0 Å². The summed E-state index contributed by atoms with van der Waals surface area (Å²) in [5.41, 5.74) is 6.16. The van der Waals surface area contributed by atoms with Gasteiger partial charge in [0.2, 0.25) is 5.91 Å². The molecule has 2 nitrogen and oxygen atoms in total. The minimum absolute atomic E-state index is 0.242. The third kappa shape index (κ3) is 8.75. The molecule has 0 aliphatic rings. The van der Waals surface area contributed by atoms with Gasteiger partial charge in [-0.2, -0.15) is 0 Å². The monoisotopic (exact) mass is 205 g/mol. The zero-order valence-corrected chi connectivity index (χ0v) is 9.28. The molecule has 0 spiro atoms. The summed E-state index contributed by atoms with van der Waals surface area (Å²) in [6.07, 6.45) is 4.14. The second-order valence-electron chi connectivity index (χ2n) is 3.15. The fourth-order valence-corrected chi connectivity index (χ4v) is 0.912. The third-order valence-electron chi connectivity index (χ3n) is 1.79. The van der Waals surface area contributed by atoms with Crippen LogP contribution in [0.5, 0.6) is 0 Å². The van der Waals surface area contributed by atoms with Gasteiger partial charge in [0.15, 0.2) is 0 Å². The summed E-state index contributed by atoms with van der Waals surface area (Å²) in [5.74, 6) is -0.242. The molecule has 2 heteroatoms. The summed E-state index contributed by atoms with van der Waals surface area (Å²) in [5, 5.41) is 0. The van der Waals surface area contributed by atoms with E-state index in [-0.39, 0.29) is 5.91 Å². The largest absolute Gasteiger partial charge is 0.370 e. The van der Waals surface area contributed by atoms with Crippen LogP contribution in [0.15, 0.2) is 43.0 Å². The molecule has 2 N–H and O–H groups in total. The number of rotatable bonds is 4. The number of aryl methyl sites for hydroxylation is 1. The Morgan fingerprint density at radius 2 is 1.93 bits per heavy atom. The lowest BCUT2D eigenvalue weighted by Gasteiger charge is -1.96. The van der Waals surface area contributed by atoms with Crippen molar-refractivity contribution in [2.45, 2.75) is 26.2 Å². The zero-order chi connectivity index (χ0) is 11.5. The molecule has 0 radical (unpaired) electrons. The highest BCUT2D eigenvalue weighted by atomic mass is 16.1. The lowest BCUT2D eigenvalue weighted by Crippen LogP contribution is -2.10. The maximum atomic E-state index is 10.4. The van der Waals surface area contributed by atoms with Crippen LogP contribution >= 0.6 is 0 Å². The van der Waals surface area contributed by atoms with Gasteiger partial charge in [-0.15, -0.1) is 6.58 Å². The van der Waals surface area contributed by atoms with E-state index in [1.54, 1.807) is 0 Å². The minimum atomic E-state index is -0.242. The zero-order valence-electron chi connectivity index (χ0n) is 9.28. The molecule has 0 aliphatic heterocycles. The van der Waals surface area contributed by atoms with Crippen LogP contribution < -0.4 is 5.73 Å². The third-order valence-corrected chi connectivity index (χ3v) is 1.79. The fourth-order valence-electron chi connectivity index (χ4n) is 0.912. The van der Waals surface area contributed by atoms with Gasteiger partial charge in [-0.05, 0) is 18.4 Å². The summed E-state index contributed by atoms with van der Waals surface area (Å²) in [7, 11) is 0. The number of benzene rings is 1. The summed E-state index contributed by atoms with van der Waals surface area (Å²) in [6, 6.07) is 9.84. The maximum Gasteiger partial charge on any atom is 0.217 e. The molecule has 1 aromatic carbocycles. The summed E-state index contributed by atoms with van der Waals surface area (Å²) in [6.45, 7) is 5.54. The Balaban J connectivity index is 0.000000423. The molecule has 0 aliphatic carbocycles. The molecule has 0 unspecified atom stereocenters. The molecule has 0 bridgehead atoms. The number of carbonyl (C=O) groups is 1. The summed E-state index contributed by atoms with van der Waals surface area (Å²) in [4.78, 5) is 10.4. The van der Waals surface area contributed by atoms with Crippen molar-refractivity contribution in [3.63, 3.8) is 0 Å². The number of hydrogen-bond donors (Lipinski definition) is 1. The molecule has 0 aromatic heterocycles. The summed E-state index contributed by atoms with van der Waals surface area (Å²) < 4.78 is 0. The Hall–Kier alpha value is -1.57. The van der Waals surface area contributed by atoms with Gasteiger partial charge >= 0.3 is 0 Å². The Labute approximate surface area is 91.8 Å². The van der Waals surface area contributed by atoms with E-state index in [1.807, 2.05) is 36.4 Å². The molecule has 0 heterocycles. The van der Waals surface area contributed by atoms with Crippen molar-refractivity contribution in [1.82, 2.24) is 0 Å². The number of allylic oxidation sites excluding steroid dienone is 1. The first-order valence-corrected chi connectivity index (χ1v) is 5.13. The van der Waals surface area contributed by atoms with Crippen molar-refractivity contribution in [2.24, 2.45) is 5.73 Å². The highest BCUT2D eigenvalue weighted by molar-refractivity contribution is 5.73. The highest BCUT2D eigenvalue weighted by Gasteiger charge is 1.94. The Bertz CT molecular complexity index is 280. The van der Waals surface area contributed by atoms with Gasteiger partial charge in [0.05, 0.1) is 0 Å². The molecule has 0 fully saturated rings. The first-order chi connectivity index (χ1) is 7.20. The van der Waals surface area contributed by atoms with Gasteiger partial charge < -0.3 is 5.73 Å². The number of amides is 1. The number of nitrogens with two attached hydrogens (primary N) is 1. The fraction of sp³-hybridized carbons (Fsp3) is 0.308. The first-order valence-electron chi connectivity index (χ1n) is 5.13. The van der Waals surface area contributed by atoms with Crippen molar-refractivity contribution >= 4 is 5.91 Å². The Morgan fingerprint density at radius 1 is 1.40 bits per heavy atom. The average Bonchev–Trinajstić information content (AvgIpc) is 2.28. The smallest absolute Gasteiger partial charge is 0.217 e. The van der Waals surface area contributed by atoms with Crippen molar-refractivity contribution in [3.05, 3.63) is 48.6 Å². The molecule has 0 saturated heterocycles. The van der Waals surface area contributed by atoms with Crippen LogP contribution in [0, 0.1) is 0 Å². The van der Waals surface area contributed by atoms with E-state index in [0.717, 1.165) is 18.4 Å². The van der Waals surface area contributed by atoms with Crippen molar-refractivity contribution in [2.75, 3.05) is 0 Å².